The van der Waals surface area contributed by atoms with Crippen molar-refractivity contribution in [3.63, 3.8) is 0 Å². The Balaban J connectivity index is 1.71. The van der Waals surface area contributed by atoms with Crippen molar-refractivity contribution < 1.29 is 22.7 Å². The first-order valence-corrected chi connectivity index (χ1v) is 10.9. The van der Waals surface area contributed by atoms with Gasteiger partial charge in [-0.1, -0.05) is 36.4 Å². The number of carbonyl (C=O) groups excluding carboxylic acids is 1. The summed E-state index contributed by atoms with van der Waals surface area (Å²) in [7, 11) is -2.02. The molecule has 3 aromatic carbocycles. The molecule has 6 nitrogen and oxygen atoms in total. The molecule has 3 aromatic rings. The average Bonchev–Trinajstić information content (AvgIpc) is 2.69. The van der Waals surface area contributed by atoms with Gasteiger partial charge in [0.05, 0.1) is 19.1 Å². The van der Waals surface area contributed by atoms with Crippen molar-refractivity contribution in [2.24, 2.45) is 0 Å². The number of fused-ring (bicyclic) bond motifs is 1. The Bertz CT molecular complexity index is 1140. The van der Waals surface area contributed by atoms with E-state index in [2.05, 4.69) is 0 Å². The number of esters is 1. The highest BCUT2D eigenvalue weighted by molar-refractivity contribution is 7.92. The van der Waals surface area contributed by atoms with E-state index in [-0.39, 0.29) is 13.2 Å². The third kappa shape index (κ3) is 5.06. The van der Waals surface area contributed by atoms with Gasteiger partial charge >= 0.3 is 5.97 Å². The van der Waals surface area contributed by atoms with E-state index >= 15 is 0 Å². The van der Waals surface area contributed by atoms with Crippen LogP contribution in [-0.4, -0.2) is 34.3 Å². The van der Waals surface area contributed by atoms with Crippen LogP contribution in [0, 0.1) is 6.92 Å². The first-order valence-electron chi connectivity index (χ1n) is 9.03. The number of hydrogen-bond acceptors (Lipinski definition) is 5. The maximum atomic E-state index is 12.4. The highest BCUT2D eigenvalue weighted by atomic mass is 32.2. The van der Waals surface area contributed by atoms with Crippen LogP contribution in [0.3, 0.4) is 0 Å². The van der Waals surface area contributed by atoms with Crippen LogP contribution < -0.4 is 9.04 Å². The predicted molar refractivity (Wildman–Crippen MR) is 114 cm³/mol. The molecule has 0 aromatic heterocycles. The van der Waals surface area contributed by atoms with Crippen molar-refractivity contribution in [2.75, 3.05) is 24.2 Å². The average molecular weight is 413 g/mol. The zero-order valence-electron chi connectivity index (χ0n) is 16.6. The molecule has 0 amide bonds. The first-order chi connectivity index (χ1) is 13.8. The summed E-state index contributed by atoms with van der Waals surface area (Å²) in [4.78, 5) is 12.4. The zero-order valence-corrected chi connectivity index (χ0v) is 17.4. The van der Waals surface area contributed by atoms with Gasteiger partial charge < -0.3 is 9.47 Å². The highest BCUT2D eigenvalue weighted by Crippen LogP contribution is 2.23. The minimum Gasteiger partial charge on any atom is -0.497 e. The lowest BCUT2D eigenvalue weighted by Gasteiger charge is -2.23. The minimum atomic E-state index is -3.63. The maximum Gasteiger partial charge on any atom is 0.327 e. The number of rotatable bonds is 7. The van der Waals surface area contributed by atoms with Crippen molar-refractivity contribution >= 4 is 32.5 Å². The number of sulfonamides is 1. The van der Waals surface area contributed by atoms with Crippen LogP contribution in [0.25, 0.3) is 10.8 Å². The molecule has 152 valence electrons. The second-order valence-corrected chi connectivity index (χ2v) is 8.67. The van der Waals surface area contributed by atoms with E-state index in [0.29, 0.717) is 5.69 Å². The van der Waals surface area contributed by atoms with Crippen LogP contribution >= 0.6 is 0 Å². The maximum absolute atomic E-state index is 12.4. The molecule has 0 bridgehead atoms. The minimum absolute atomic E-state index is 0.0617. The van der Waals surface area contributed by atoms with E-state index in [1.165, 1.54) is 0 Å². The normalized spacial score (nSPS) is 11.3. The molecule has 0 unspecified atom stereocenters. The van der Waals surface area contributed by atoms with Gasteiger partial charge in [-0.3, -0.25) is 9.10 Å². The molecule has 0 N–H and O–H groups in total. The van der Waals surface area contributed by atoms with E-state index < -0.39 is 16.0 Å². The first kappa shape index (κ1) is 20.7. The van der Waals surface area contributed by atoms with Crippen LogP contribution in [0.5, 0.6) is 5.75 Å². The Hall–Kier alpha value is -3.06. The van der Waals surface area contributed by atoms with Crippen LogP contribution in [-0.2, 0) is 26.2 Å². The lowest BCUT2D eigenvalue weighted by Crippen LogP contribution is -2.36. The number of anilines is 1. The third-order valence-electron chi connectivity index (χ3n) is 4.57. The van der Waals surface area contributed by atoms with Gasteiger partial charge in [0.1, 0.15) is 18.9 Å². The molecule has 0 radical (unpaired) electrons. The van der Waals surface area contributed by atoms with Gasteiger partial charge in [-0.2, -0.15) is 0 Å². The summed E-state index contributed by atoms with van der Waals surface area (Å²) in [5, 5.41) is 2.01. The number of nitrogens with zero attached hydrogens (tertiary/aromatic N) is 1. The molecule has 0 spiro atoms. The summed E-state index contributed by atoms with van der Waals surface area (Å²) in [6, 6.07) is 18.5. The Morgan fingerprint density at radius 2 is 1.69 bits per heavy atom. The molecule has 7 heteroatoms. The van der Waals surface area contributed by atoms with Crippen molar-refractivity contribution in [2.45, 2.75) is 13.5 Å². The molecule has 0 fully saturated rings. The number of para-hydroxylation sites is 1. The van der Waals surface area contributed by atoms with Crippen molar-refractivity contribution in [3.05, 3.63) is 71.8 Å². The number of methoxy groups -OCH3 is 1. The number of ether oxygens (including phenoxy) is 2. The van der Waals surface area contributed by atoms with E-state index in [0.717, 1.165) is 38.2 Å². The Kier molecular flexibility index (Phi) is 6.08. The van der Waals surface area contributed by atoms with Crippen molar-refractivity contribution in [1.29, 1.82) is 0 Å². The van der Waals surface area contributed by atoms with Crippen LogP contribution in [0.2, 0.25) is 0 Å². The zero-order chi connectivity index (χ0) is 21.0. The number of carbonyl (C=O) groups is 1. The number of hydrogen-bond donors (Lipinski definition) is 0. The molecule has 0 heterocycles. The highest BCUT2D eigenvalue weighted by Gasteiger charge is 2.22. The molecule has 29 heavy (non-hydrogen) atoms. The molecular formula is C22H23NO5S. The Labute approximate surface area is 170 Å². The van der Waals surface area contributed by atoms with Gasteiger partial charge in [-0.05, 0) is 53.1 Å². The lowest BCUT2D eigenvalue weighted by atomic mass is 10.1. The number of benzene rings is 3. The van der Waals surface area contributed by atoms with Gasteiger partial charge in [0.25, 0.3) is 0 Å². The van der Waals surface area contributed by atoms with Crippen molar-refractivity contribution in [3.8, 4) is 5.75 Å². The van der Waals surface area contributed by atoms with Crippen LogP contribution in [0.15, 0.2) is 60.7 Å². The molecular weight excluding hydrogens is 390 g/mol. The molecule has 3 rings (SSSR count). The fourth-order valence-electron chi connectivity index (χ4n) is 3.04. The summed E-state index contributed by atoms with van der Waals surface area (Å²) in [6.45, 7) is 1.48. The molecule has 0 saturated carbocycles. The van der Waals surface area contributed by atoms with Gasteiger partial charge in [-0.25, -0.2) is 8.42 Å². The van der Waals surface area contributed by atoms with E-state index in [4.69, 9.17) is 9.47 Å². The quantitative estimate of drug-likeness (QED) is 0.553. The summed E-state index contributed by atoms with van der Waals surface area (Å²) in [5.41, 5.74) is 2.04. The molecule has 0 aliphatic rings. The van der Waals surface area contributed by atoms with Gasteiger partial charge in [0.2, 0.25) is 10.0 Å². The Morgan fingerprint density at radius 1 is 1.00 bits per heavy atom. The fourth-order valence-corrected chi connectivity index (χ4v) is 3.94. The summed E-state index contributed by atoms with van der Waals surface area (Å²) in [6.07, 6.45) is 1.07. The largest absolute Gasteiger partial charge is 0.497 e. The van der Waals surface area contributed by atoms with E-state index in [1.807, 2.05) is 42.5 Å². The van der Waals surface area contributed by atoms with Gasteiger partial charge in [0.15, 0.2) is 0 Å². The second kappa shape index (κ2) is 8.53. The topological polar surface area (TPSA) is 72.9 Å². The summed E-state index contributed by atoms with van der Waals surface area (Å²) in [5.74, 6) is 0.155. The van der Waals surface area contributed by atoms with Crippen molar-refractivity contribution in [1.82, 2.24) is 0 Å². The Morgan fingerprint density at radius 3 is 2.38 bits per heavy atom. The van der Waals surface area contributed by atoms with Crippen LogP contribution in [0.1, 0.15) is 11.1 Å². The second-order valence-electron chi connectivity index (χ2n) is 6.76. The number of aryl methyl sites for hydroxylation is 1. The summed E-state index contributed by atoms with van der Waals surface area (Å²) < 4.78 is 36.0. The molecule has 0 aliphatic carbocycles. The summed E-state index contributed by atoms with van der Waals surface area (Å²) >= 11 is 0. The lowest BCUT2D eigenvalue weighted by molar-refractivity contribution is -0.143. The molecule has 0 saturated heterocycles. The molecule has 0 atom stereocenters. The standard InChI is InChI=1S/C22H23NO5S/c1-16-6-4-5-7-21(16)23(29(3,25)26)14-22(24)28-15-17-8-9-19-13-20(27-2)11-10-18(19)12-17/h4-13H,14-15H2,1-3H3. The SMILES string of the molecule is COc1ccc2cc(COC(=O)CN(c3ccccc3C)S(C)(=O)=O)ccc2c1. The predicted octanol–water partition coefficient (Wildman–Crippen LogP) is 3.67. The fraction of sp³-hybridized carbons (Fsp3) is 0.227. The smallest absolute Gasteiger partial charge is 0.327 e. The third-order valence-corrected chi connectivity index (χ3v) is 5.70. The van der Waals surface area contributed by atoms with Gasteiger partial charge in [-0.15, -0.1) is 0 Å². The van der Waals surface area contributed by atoms with Gasteiger partial charge in [0, 0.05) is 0 Å². The monoisotopic (exact) mass is 413 g/mol. The van der Waals surface area contributed by atoms with E-state index in [9.17, 15) is 13.2 Å². The van der Waals surface area contributed by atoms with E-state index in [1.54, 1.807) is 32.2 Å². The van der Waals surface area contributed by atoms with Crippen LogP contribution in [0.4, 0.5) is 5.69 Å². The molecule has 0 aliphatic heterocycles.